The number of hydrogen-bond donors (Lipinski definition) is 2. The molecule has 0 aliphatic rings. The second-order valence-electron chi connectivity index (χ2n) is 3.18. The molecule has 0 rings (SSSR count). The van der Waals surface area contributed by atoms with Gasteiger partial charge < -0.3 is 10.2 Å². The molecule has 0 fully saturated rings. The Kier molecular flexibility index (Phi) is 5.16. The quantitative estimate of drug-likeness (QED) is 0.590. The van der Waals surface area contributed by atoms with Gasteiger partial charge >= 0.3 is 0 Å². The van der Waals surface area contributed by atoms with E-state index in [9.17, 15) is 5.11 Å². The van der Waals surface area contributed by atoms with Gasteiger partial charge in [-0.3, -0.25) is 0 Å². The van der Waals surface area contributed by atoms with E-state index in [1.807, 2.05) is 13.8 Å². The number of rotatable bonds is 5. The summed E-state index contributed by atoms with van der Waals surface area (Å²) in [5.74, 6) is 0.521. The van der Waals surface area contributed by atoms with Crippen LogP contribution in [0.3, 0.4) is 0 Å². The normalized spacial score (nSPS) is 16.5. The molecule has 0 saturated heterocycles. The van der Waals surface area contributed by atoms with Crippen LogP contribution >= 0.6 is 0 Å². The third-order valence-corrected chi connectivity index (χ3v) is 1.98. The van der Waals surface area contributed by atoms with E-state index >= 15 is 0 Å². The number of allylic oxidation sites excluding steroid dienone is 1. The van der Waals surface area contributed by atoms with Crippen LogP contribution < -0.4 is 0 Å². The molecular weight excluding hydrogens is 140 g/mol. The lowest BCUT2D eigenvalue weighted by atomic mass is 9.88. The van der Waals surface area contributed by atoms with Gasteiger partial charge in [0, 0.05) is 0 Å². The van der Waals surface area contributed by atoms with Gasteiger partial charge in [-0.05, 0) is 18.3 Å². The zero-order valence-electron chi connectivity index (χ0n) is 7.33. The topological polar surface area (TPSA) is 40.5 Å². The van der Waals surface area contributed by atoms with Crippen LogP contribution in [-0.2, 0) is 0 Å². The summed E-state index contributed by atoms with van der Waals surface area (Å²) in [7, 11) is 0. The molecule has 2 heteroatoms. The molecule has 0 spiro atoms. The van der Waals surface area contributed by atoms with Gasteiger partial charge in [-0.25, -0.2) is 0 Å². The highest BCUT2D eigenvalue weighted by atomic mass is 16.3. The van der Waals surface area contributed by atoms with E-state index in [1.165, 1.54) is 0 Å². The van der Waals surface area contributed by atoms with Crippen LogP contribution in [0.4, 0.5) is 0 Å². The van der Waals surface area contributed by atoms with E-state index in [0.29, 0.717) is 5.92 Å². The van der Waals surface area contributed by atoms with Crippen molar-refractivity contribution in [2.24, 2.45) is 11.8 Å². The van der Waals surface area contributed by atoms with Crippen LogP contribution in [0.25, 0.3) is 0 Å². The van der Waals surface area contributed by atoms with Gasteiger partial charge in [-0.15, -0.1) is 6.58 Å². The summed E-state index contributed by atoms with van der Waals surface area (Å²) < 4.78 is 0. The van der Waals surface area contributed by atoms with Crippen LogP contribution in [0.1, 0.15) is 20.3 Å². The van der Waals surface area contributed by atoms with E-state index < -0.39 is 6.10 Å². The molecule has 0 bridgehead atoms. The molecule has 0 aliphatic heterocycles. The first kappa shape index (κ1) is 10.7. The number of hydrogen-bond acceptors (Lipinski definition) is 2. The minimum absolute atomic E-state index is 0.137. The summed E-state index contributed by atoms with van der Waals surface area (Å²) in [6, 6.07) is 0. The van der Waals surface area contributed by atoms with E-state index in [1.54, 1.807) is 6.08 Å². The fraction of sp³-hybridized carbons (Fsp3) is 0.778. The second-order valence-corrected chi connectivity index (χ2v) is 3.18. The van der Waals surface area contributed by atoms with Crippen molar-refractivity contribution >= 4 is 0 Å². The highest BCUT2D eigenvalue weighted by molar-refractivity contribution is 4.79. The first-order valence-corrected chi connectivity index (χ1v) is 4.03. The van der Waals surface area contributed by atoms with Gasteiger partial charge in [0.05, 0.1) is 12.7 Å². The molecule has 2 atom stereocenters. The fourth-order valence-corrected chi connectivity index (χ4v) is 1.20. The van der Waals surface area contributed by atoms with Crippen molar-refractivity contribution < 1.29 is 10.2 Å². The van der Waals surface area contributed by atoms with Crippen LogP contribution in [0.2, 0.25) is 0 Å². The van der Waals surface area contributed by atoms with Gasteiger partial charge in [-0.1, -0.05) is 19.9 Å². The maximum absolute atomic E-state index is 9.32. The van der Waals surface area contributed by atoms with Crippen molar-refractivity contribution in [3.63, 3.8) is 0 Å². The van der Waals surface area contributed by atoms with Gasteiger partial charge in [0.15, 0.2) is 0 Å². The first-order chi connectivity index (χ1) is 5.13. The Morgan fingerprint density at radius 2 is 2.00 bits per heavy atom. The van der Waals surface area contributed by atoms with E-state index in [0.717, 1.165) is 6.42 Å². The highest BCUT2D eigenvalue weighted by Gasteiger charge is 2.19. The van der Waals surface area contributed by atoms with Gasteiger partial charge in [0.2, 0.25) is 0 Å². The molecular formula is C9H18O2. The fourth-order valence-electron chi connectivity index (χ4n) is 1.20. The van der Waals surface area contributed by atoms with Crippen LogP contribution in [0.15, 0.2) is 12.7 Å². The smallest absolute Gasteiger partial charge is 0.0804 e. The van der Waals surface area contributed by atoms with Crippen molar-refractivity contribution in [2.75, 3.05) is 6.61 Å². The zero-order valence-corrected chi connectivity index (χ0v) is 7.33. The lowest BCUT2D eigenvalue weighted by molar-refractivity contribution is 0.0303. The Morgan fingerprint density at radius 1 is 1.45 bits per heavy atom. The maximum Gasteiger partial charge on any atom is 0.0804 e. The van der Waals surface area contributed by atoms with Crippen molar-refractivity contribution in [3.05, 3.63) is 12.7 Å². The Hall–Kier alpha value is -0.340. The van der Waals surface area contributed by atoms with E-state index in [-0.39, 0.29) is 12.5 Å². The third kappa shape index (κ3) is 3.54. The average Bonchev–Trinajstić information content (AvgIpc) is 1.98. The molecule has 0 heterocycles. The predicted octanol–water partition coefficient (Wildman–Crippen LogP) is 1.19. The summed E-state index contributed by atoms with van der Waals surface area (Å²) in [5.41, 5.74) is 0. The van der Waals surface area contributed by atoms with E-state index in [2.05, 4.69) is 6.58 Å². The van der Waals surface area contributed by atoms with E-state index in [4.69, 9.17) is 5.11 Å². The zero-order chi connectivity index (χ0) is 8.85. The Morgan fingerprint density at radius 3 is 2.27 bits per heavy atom. The number of aliphatic hydroxyl groups excluding tert-OH is 2. The summed E-state index contributed by atoms with van der Waals surface area (Å²) in [4.78, 5) is 0. The summed E-state index contributed by atoms with van der Waals surface area (Å²) in [5, 5.41) is 18.0. The minimum atomic E-state index is -0.604. The molecule has 0 aromatic carbocycles. The molecule has 0 saturated carbocycles. The SMILES string of the molecule is C=CCC(C(C)C)C(O)CO. The molecule has 0 aromatic rings. The highest BCUT2D eigenvalue weighted by Crippen LogP contribution is 2.19. The monoisotopic (exact) mass is 158 g/mol. The average molecular weight is 158 g/mol. The van der Waals surface area contributed by atoms with Crippen molar-refractivity contribution in [1.82, 2.24) is 0 Å². The van der Waals surface area contributed by atoms with Gasteiger partial charge in [0.25, 0.3) is 0 Å². The lowest BCUT2D eigenvalue weighted by Crippen LogP contribution is -2.27. The largest absolute Gasteiger partial charge is 0.394 e. The molecule has 0 radical (unpaired) electrons. The van der Waals surface area contributed by atoms with Crippen LogP contribution in [0, 0.1) is 11.8 Å². The first-order valence-electron chi connectivity index (χ1n) is 4.03. The molecule has 0 aromatic heterocycles. The molecule has 11 heavy (non-hydrogen) atoms. The van der Waals surface area contributed by atoms with Crippen LogP contribution in [0.5, 0.6) is 0 Å². The van der Waals surface area contributed by atoms with Gasteiger partial charge in [0.1, 0.15) is 0 Å². The van der Waals surface area contributed by atoms with Crippen molar-refractivity contribution in [1.29, 1.82) is 0 Å². The lowest BCUT2D eigenvalue weighted by Gasteiger charge is -2.23. The van der Waals surface area contributed by atoms with Crippen LogP contribution in [-0.4, -0.2) is 22.9 Å². The molecule has 0 amide bonds. The predicted molar refractivity (Wildman–Crippen MR) is 46.2 cm³/mol. The third-order valence-electron chi connectivity index (χ3n) is 1.98. The Balaban J connectivity index is 3.96. The summed E-state index contributed by atoms with van der Waals surface area (Å²) in [6.45, 7) is 7.52. The second kappa shape index (κ2) is 5.33. The maximum atomic E-state index is 9.32. The minimum Gasteiger partial charge on any atom is -0.394 e. The number of aliphatic hydroxyl groups is 2. The molecule has 66 valence electrons. The molecule has 2 unspecified atom stereocenters. The Labute approximate surface area is 68.6 Å². The summed E-state index contributed by atoms with van der Waals surface area (Å²) >= 11 is 0. The molecule has 2 N–H and O–H groups in total. The van der Waals surface area contributed by atoms with Crippen molar-refractivity contribution in [3.8, 4) is 0 Å². The standard InChI is InChI=1S/C9H18O2/c1-4-5-8(7(2)3)9(11)6-10/h4,7-11H,1,5-6H2,2-3H3. The van der Waals surface area contributed by atoms with Gasteiger partial charge in [-0.2, -0.15) is 0 Å². The summed E-state index contributed by atoms with van der Waals surface area (Å²) in [6.07, 6.45) is 1.94. The van der Waals surface area contributed by atoms with Crippen molar-refractivity contribution in [2.45, 2.75) is 26.4 Å². The molecule has 2 nitrogen and oxygen atoms in total. The molecule has 0 aliphatic carbocycles. The Bertz CT molecular complexity index is 110.